The van der Waals surface area contributed by atoms with Crippen LogP contribution in [0.25, 0.3) is 6.08 Å². The molecule has 0 aliphatic carbocycles. The number of amides is 2. The van der Waals surface area contributed by atoms with Gasteiger partial charge in [-0.2, -0.15) is 0 Å². The molecule has 2 amide bonds. The molecular formula is C16H14N4O2S. The second-order valence-corrected chi connectivity index (χ2v) is 5.87. The summed E-state index contributed by atoms with van der Waals surface area (Å²) in [7, 11) is 0. The maximum atomic E-state index is 11.9. The van der Waals surface area contributed by atoms with E-state index in [1.165, 1.54) is 18.7 Å². The van der Waals surface area contributed by atoms with Crippen molar-refractivity contribution in [2.75, 3.05) is 5.32 Å². The van der Waals surface area contributed by atoms with Crippen LogP contribution >= 0.6 is 11.8 Å². The molecule has 6 nitrogen and oxygen atoms in total. The Labute approximate surface area is 137 Å². The highest BCUT2D eigenvalue weighted by Crippen LogP contribution is 2.28. The topological polar surface area (TPSA) is 86.3 Å². The number of hydrogen-bond donors (Lipinski definition) is 3. The molecule has 1 fully saturated rings. The molecule has 0 atom stereocenters. The summed E-state index contributed by atoms with van der Waals surface area (Å²) in [6, 6.07) is 10.8. The summed E-state index contributed by atoms with van der Waals surface area (Å²) in [6.45, 7) is 1.46. The van der Waals surface area contributed by atoms with Gasteiger partial charge in [-0.15, -0.1) is 0 Å². The summed E-state index contributed by atoms with van der Waals surface area (Å²) in [6.07, 6.45) is 3.58. The number of hydrogen-bond acceptors (Lipinski definition) is 4. The Morgan fingerprint density at radius 3 is 2.70 bits per heavy atom. The molecule has 0 spiro atoms. The number of carbonyl (C=O) groups excluding carboxylic acids is 2. The van der Waals surface area contributed by atoms with Gasteiger partial charge >= 0.3 is 0 Å². The smallest absolute Gasteiger partial charge is 0.264 e. The minimum absolute atomic E-state index is 0.123. The maximum absolute atomic E-state index is 11.9. The molecule has 116 valence electrons. The van der Waals surface area contributed by atoms with Crippen molar-refractivity contribution >= 4 is 46.2 Å². The Bertz CT molecular complexity index is 792. The first-order valence-corrected chi connectivity index (χ1v) is 7.72. The van der Waals surface area contributed by atoms with Crippen molar-refractivity contribution in [1.29, 1.82) is 0 Å². The molecule has 3 rings (SSSR count). The molecular weight excluding hydrogens is 312 g/mol. The van der Waals surface area contributed by atoms with E-state index < -0.39 is 0 Å². The van der Waals surface area contributed by atoms with Gasteiger partial charge in [0.05, 0.1) is 10.6 Å². The van der Waals surface area contributed by atoms with Crippen LogP contribution in [-0.2, 0) is 9.59 Å². The molecule has 1 aliphatic rings. The maximum Gasteiger partial charge on any atom is 0.264 e. The van der Waals surface area contributed by atoms with Crippen LogP contribution in [0.15, 0.2) is 52.5 Å². The number of anilines is 1. The molecule has 2 aromatic rings. The zero-order valence-corrected chi connectivity index (χ0v) is 13.1. The van der Waals surface area contributed by atoms with Crippen molar-refractivity contribution in [1.82, 2.24) is 10.3 Å². The van der Waals surface area contributed by atoms with E-state index in [-0.39, 0.29) is 11.8 Å². The van der Waals surface area contributed by atoms with Crippen LogP contribution in [0.2, 0.25) is 0 Å². The highest BCUT2D eigenvalue weighted by molar-refractivity contribution is 8.18. The van der Waals surface area contributed by atoms with Gasteiger partial charge in [0.15, 0.2) is 5.17 Å². The Hall–Kier alpha value is -2.80. The van der Waals surface area contributed by atoms with Gasteiger partial charge in [-0.1, -0.05) is 0 Å². The summed E-state index contributed by atoms with van der Waals surface area (Å²) in [5.74, 6) is -0.292. The largest absolute Gasteiger partial charge is 0.362 e. The van der Waals surface area contributed by atoms with Gasteiger partial charge in [-0.05, 0) is 54.2 Å². The van der Waals surface area contributed by atoms with Crippen molar-refractivity contribution in [2.24, 2.45) is 4.99 Å². The molecule has 1 aromatic carbocycles. The first kappa shape index (κ1) is 15.1. The predicted octanol–water partition coefficient (Wildman–Crippen LogP) is 2.86. The SMILES string of the molecule is CC(=O)Nc1ccc(N=C2NC(=O)/C(=C\c3ccc[nH]3)S2)cc1. The highest BCUT2D eigenvalue weighted by atomic mass is 32.2. The number of amidine groups is 1. The summed E-state index contributed by atoms with van der Waals surface area (Å²) >= 11 is 1.29. The number of rotatable bonds is 3. The Morgan fingerprint density at radius 1 is 1.26 bits per heavy atom. The van der Waals surface area contributed by atoms with Crippen molar-refractivity contribution in [3.05, 3.63) is 53.2 Å². The van der Waals surface area contributed by atoms with Crippen molar-refractivity contribution in [3.63, 3.8) is 0 Å². The Morgan fingerprint density at radius 2 is 2.04 bits per heavy atom. The van der Waals surface area contributed by atoms with Crippen LogP contribution in [0, 0.1) is 0 Å². The fourth-order valence-electron chi connectivity index (χ4n) is 2.00. The molecule has 0 saturated carbocycles. The first-order valence-electron chi connectivity index (χ1n) is 6.91. The molecule has 1 aliphatic heterocycles. The van der Waals surface area contributed by atoms with Crippen molar-refractivity contribution in [2.45, 2.75) is 6.92 Å². The van der Waals surface area contributed by atoms with E-state index in [0.29, 0.717) is 21.4 Å². The fraction of sp³-hybridized carbons (Fsp3) is 0.0625. The van der Waals surface area contributed by atoms with Crippen molar-refractivity contribution in [3.8, 4) is 0 Å². The molecule has 1 aromatic heterocycles. The highest BCUT2D eigenvalue weighted by Gasteiger charge is 2.23. The van der Waals surface area contributed by atoms with Crippen LogP contribution in [0.4, 0.5) is 11.4 Å². The molecule has 0 bridgehead atoms. The standard InChI is InChI=1S/C16H14N4O2S/c1-10(21)18-11-4-6-12(7-5-11)19-16-20-15(22)14(23-16)9-13-3-2-8-17-13/h2-9,17H,1H3,(H,18,21)(H,19,20,22)/b14-9+. The van der Waals surface area contributed by atoms with Gasteiger partial charge < -0.3 is 15.6 Å². The average Bonchev–Trinajstić information content (AvgIpc) is 3.12. The minimum Gasteiger partial charge on any atom is -0.362 e. The van der Waals surface area contributed by atoms with Crippen LogP contribution in [0.5, 0.6) is 0 Å². The number of thioether (sulfide) groups is 1. The van der Waals surface area contributed by atoms with Crippen LogP contribution < -0.4 is 10.6 Å². The molecule has 23 heavy (non-hydrogen) atoms. The lowest BCUT2D eigenvalue weighted by Gasteiger charge is -2.02. The Kier molecular flexibility index (Phi) is 4.29. The van der Waals surface area contributed by atoms with E-state index in [1.807, 2.05) is 12.1 Å². The van der Waals surface area contributed by atoms with Crippen LogP contribution in [0.3, 0.4) is 0 Å². The monoisotopic (exact) mass is 326 g/mol. The van der Waals surface area contributed by atoms with E-state index in [0.717, 1.165) is 5.69 Å². The minimum atomic E-state index is -0.168. The number of nitrogens with one attached hydrogen (secondary N) is 3. The molecule has 0 unspecified atom stereocenters. The van der Waals surface area contributed by atoms with Crippen LogP contribution in [0.1, 0.15) is 12.6 Å². The molecule has 1 saturated heterocycles. The van der Waals surface area contributed by atoms with Gasteiger partial charge in [0.1, 0.15) is 0 Å². The normalized spacial score (nSPS) is 17.5. The second kappa shape index (κ2) is 6.53. The van der Waals surface area contributed by atoms with Gasteiger partial charge in [0.25, 0.3) is 5.91 Å². The van der Waals surface area contributed by atoms with E-state index >= 15 is 0 Å². The summed E-state index contributed by atoms with van der Waals surface area (Å²) in [5, 5.41) is 5.95. The Balaban J connectivity index is 1.74. The number of nitrogens with zero attached hydrogens (tertiary/aromatic N) is 1. The number of carbonyl (C=O) groups is 2. The molecule has 3 N–H and O–H groups in total. The lowest BCUT2D eigenvalue weighted by atomic mass is 10.3. The number of aliphatic imine (C=N–C) groups is 1. The van der Waals surface area contributed by atoms with E-state index in [1.54, 1.807) is 36.5 Å². The molecule has 0 radical (unpaired) electrons. The number of benzene rings is 1. The third-order valence-corrected chi connectivity index (χ3v) is 3.89. The molecule has 7 heteroatoms. The lowest BCUT2D eigenvalue weighted by Crippen LogP contribution is -2.19. The third-order valence-electron chi connectivity index (χ3n) is 2.98. The number of aromatic amines is 1. The summed E-state index contributed by atoms with van der Waals surface area (Å²) in [5.41, 5.74) is 2.27. The van der Waals surface area contributed by atoms with E-state index in [9.17, 15) is 9.59 Å². The average molecular weight is 326 g/mol. The summed E-state index contributed by atoms with van der Waals surface area (Å²) < 4.78 is 0. The quantitative estimate of drug-likeness (QED) is 0.758. The second-order valence-electron chi connectivity index (χ2n) is 4.84. The van der Waals surface area contributed by atoms with Gasteiger partial charge in [-0.25, -0.2) is 4.99 Å². The van der Waals surface area contributed by atoms with Crippen molar-refractivity contribution < 1.29 is 9.59 Å². The predicted molar refractivity (Wildman–Crippen MR) is 92.3 cm³/mol. The van der Waals surface area contributed by atoms with Crippen LogP contribution in [-0.4, -0.2) is 22.0 Å². The van der Waals surface area contributed by atoms with E-state index in [2.05, 4.69) is 20.6 Å². The zero-order chi connectivity index (χ0) is 16.2. The van der Waals surface area contributed by atoms with Gasteiger partial charge in [0.2, 0.25) is 5.91 Å². The van der Waals surface area contributed by atoms with Gasteiger partial charge in [0, 0.05) is 24.5 Å². The third kappa shape index (κ3) is 3.89. The lowest BCUT2D eigenvalue weighted by molar-refractivity contribution is -0.115. The fourth-order valence-corrected chi connectivity index (χ4v) is 2.83. The zero-order valence-electron chi connectivity index (χ0n) is 12.3. The number of aromatic nitrogens is 1. The van der Waals surface area contributed by atoms with Gasteiger partial charge in [-0.3, -0.25) is 9.59 Å². The summed E-state index contributed by atoms with van der Waals surface area (Å²) in [4.78, 5) is 30.9. The first-order chi connectivity index (χ1) is 11.1. The number of H-pyrrole nitrogens is 1. The van der Waals surface area contributed by atoms with E-state index in [4.69, 9.17) is 0 Å². The molecule has 2 heterocycles.